The fourth-order valence-corrected chi connectivity index (χ4v) is 3.87. The molecule has 7 nitrogen and oxygen atoms in total. The first-order valence-corrected chi connectivity index (χ1v) is 11.3. The number of nitrogens with zero attached hydrogens (tertiary/aromatic N) is 2. The zero-order valence-electron chi connectivity index (χ0n) is 19.8. The number of rotatable bonds is 9. The quantitative estimate of drug-likeness (QED) is 0.243. The van der Waals surface area contributed by atoms with Gasteiger partial charge in [-0.25, -0.2) is 4.99 Å². The van der Waals surface area contributed by atoms with E-state index in [1.165, 1.54) is 11.3 Å². The fraction of sp³-hybridized carbons (Fsp3) is 0.480. The van der Waals surface area contributed by atoms with Crippen LogP contribution < -0.4 is 25.0 Å². The van der Waals surface area contributed by atoms with Crippen LogP contribution in [0.15, 0.2) is 47.5 Å². The van der Waals surface area contributed by atoms with Crippen LogP contribution >= 0.6 is 24.0 Å². The summed E-state index contributed by atoms with van der Waals surface area (Å²) >= 11 is 0. The van der Waals surface area contributed by atoms with Crippen molar-refractivity contribution in [3.05, 3.63) is 53.6 Å². The van der Waals surface area contributed by atoms with Crippen LogP contribution in [0.2, 0.25) is 0 Å². The molecule has 0 spiro atoms. The van der Waals surface area contributed by atoms with E-state index in [-0.39, 0.29) is 24.0 Å². The number of ether oxygens (including phenoxy) is 2. The smallest absolute Gasteiger partial charge is 0.191 e. The molecule has 0 aliphatic carbocycles. The maximum atomic E-state index is 9.32. The second kappa shape index (κ2) is 14.1. The minimum Gasteiger partial charge on any atom is -0.497 e. The third kappa shape index (κ3) is 7.96. The number of halogens is 1. The van der Waals surface area contributed by atoms with Gasteiger partial charge in [0.15, 0.2) is 5.96 Å². The SMILES string of the molecule is CCNC(=NCc1ccc(N2CCC(CO)CC2)cc1)NCc1ccc(OC)cc1OC.I. The Morgan fingerprint density at radius 1 is 1.06 bits per heavy atom. The Labute approximate surface area is 214 Å². The number of aliphatic hydroxyl groups is 1. The van der Waals surface area contributed by atoms with Gasteiger partial charge in [-0.3, -0.25) is 0 Å². The van der Waals surface area contributed by atoms with E-state index in [0.717, 1.165) is 55.5 Å². The van der Waals surface area contributed by atoms with Crippen molar-refractivity contribution in [3.63, 3.8) is 0 Å². The van der Waals surface area contributed by atoms with E-state index >= 15 is 0 Å². The predicted octanol–water partition coefficient (Wildman–Crippen LogP) is 3.79. The third-order valence-corrected chi connectivity index (χ3v) is 5.88. The first kappa shape index (κ1) is 27.0. The third-order valence-electron chi connectivity index (χ3n) is 5.88. The van der Waals surface area contributed by atoms with E-state index in [2.05, 4.69) is 46.7 Å². The minimum absolute atomic E-state index is 0. The van der Waals surface area contributed by atoms with Crippen LogP contribution in [0.25, 0.3) is 0 Å². The van der Waals surface area contributed by atoms with Crippen LogP contribution in [0.1, 0.15) is 30.9 Å². The van der Waals surface area contributed by atoms with Gasteiger partial charge in [-0.15, -0.1) is 24.0 Å². The maximum absolute atomic E-state index is 9.32. The molecule has 1 saturated heterocycles. The van der Waals surface area contributed by atoms with Gasteiger partial charge < -0.3 is 30.1 Å². The zero-order chi connectivity index (χ0) is 22.8. The topological polar surface area (TPSA) is 78.4 Å². The van der Waals surface area contributed by atoms with Crippen molar-refractivity contribution in [2.75, 3.05) is 45.4 Å². The fourth-order valence-electron chi connectivity index (χ4n) is 3.87. The summed E-state index contributed by atoms with van der Waals surface area (Å²) in [5, 5.41) is 16.0. The summed E-state index contributed by atoms with van der Waals surface area (Å²) in [5.41, 5.74) is 3.44. The molecule has 33 heavy (non-hydrogen) atoms. The number of hydrogen-bond acceptors (Lipinski definition) is 5. The number of methoxy groups -OCH3 is 2. The lowest BCUT2D eigenvalue weighted by molar-refractivity contribution is 0.203. The van der Waals surface area contributed by atoms with Crippen LogP contribution in [0, 0.1) is 5.92 Å². The number of guanidine groups is 1. The van der Waals surface area contributed by atoms with Crippen molar-refractivity contribution in [2.45, 2.75) is 32.9 Å². The van der Waals surface area contributed by atoms with Crippen LogP contribution in [-0.2, 0) is 13.1 Å². The van der Waals surface area contributed by atoms with E-state index in [4.69, 9.17) is 14.5 Å². The van der Waals surface area contributed by atoms with Gasteiger partial charge in [0.1, 0.15) is 11.5 Å². The maximum Gasteiger partial charge on any atom is 0.191 e. The first-order chi connectivity index (χ1) is 15.7. The Kier molecular flexibility index (Phi) is 11.6. The standard InChI is InChI=1S/C25H36N4O3.HI/c1-4-26-25(28-17-21-7-10-23(31-2)15-24(21)32-3)27-16-19-5-8-22(9-6-19)29-13-11-20(18-30)12-14-29;/h5-10,15,20,30H,4,11-14,16-18H2,1-3H3,(H2,26,27,28);1H. The Bertz CT molecular complexity index is 868. The normalized spacial score (nSPS) is 14.4. The van der Waals surface area contributed by atoms with Gasteiger partial charge in [0.05, 0.1) is 20.8 Å². The highest BCUT2D eigenvalue weighted by atomic mass is 127. The average Bonchev–Trinajstić information content (AvgIpc) is 2.86. The van der Waals surface area contributed by atoms with Gasteiger partial charge in [-0.1, -0.05) is 12.1 Å². The highest BCUT2D eigenvalue weighted by Gasteiger charge is 2.18. The lowest BCUT2D eigenvalue weighted by Gasteiger charge is -2.32. The Morgan fingerprint density at radius 2 is 1.79 bits per heavy atom. The number of aliphatic imine (C=N–C) groups is 1. The van der Waals surface area contributed by atoms with E-state index in [1.54, 1.807) is 14.2 Å². The molecular weight excluding hydrogens is 531 g/mol. The van der Waals surface area contributed by atoms with Crippen molar-refractivity contribution in [1.29, 1.82) is 0 Å². The highest BCUT2D eigenvalue weighted by Crippen LogP contribution is 2.25. The molecular formula is C25H37IN4O3. The zero-order valence-corrected chi connectivity index (χ0v) is 22.2. The summed E-state index contributed by atoms with van der Waals surface area (Å²) in [5.74, 6) is 2.77. The number of hydrogen-bond donors (Lipinski definition) is 3. The second-order valence-corrected chi connectivity index (χ2v) is 8.01. The summed E-state index contributed by atoms with van der Waals surface area (Å²) in [6, 6.07) is 14.4. The lowest BCUT2D eigenvalue weighted by Crippen LogP contribution is -2.36. The van der Waals surface area contributed by atoms with E-state index in [1.807, 2.05) is 18.2 Å². The van der Waals surface area contributed by atoms with Crippen LogP contribution in [0.4, 0.5) is 5.69 Å². The van der Waals surface area contributed by atoms with Crippen molar-refractivity contribution >= 4 is 35.6 Å². The summed E-state index contributed by atoms with van der Waals surface area (Å²) in [7, 11) is 3.31. The van der Waals surface area contributed by atoms with E-state index in [9.17, 15) is 5.11 Å². The van der Waals surface area contributed by atoms with E-state index in [0.29, 0.717) is 25.6 Å². The molecule has 2 aromatic rings. The molecule has 0 unspecified atom stereocenters. The molecule has 0 aromatic heterocycles. The number of benzene rings is 2. The van der Waals surface area contributed by atoms with Gasteiger partial charge in [-0.05, 0) is 55.5 Å². The molecule has 0 atom stereocenters. The number of nitrogens with one attached hydrogen (secondary N) is 2. The van der Waals surface area contributed by atoms with Crippen molar-refractivity contribution in [3.8, 4) is 11.5 Å². The van der Waals surface area contributed by atoms with Gasteiger partial charge >= 0.3 is 0 Å². The van der Waals surface area contributed by atoms with E-state index < -0.39 is 0 Å². The molecule has 1 heterocycles. The molecule has 0 bridgehead atoms. The molecule has 1 fully saturated rings. The number of piperidine rings is 1. The monoisotopic (exact) mass is 568 g/mol. The summed E-state index contributed by atoms with van der Waals surface area (Å²) < 4.78 is 10.8. The minimum atomic E-state index is 0. The van der Waals surface area contributed by atoms with Crippen molar-refractivity contribution < 1.29 is 14.6 Å². The molecule has 1 aliphatic heterocycles. The van der Waals surface area contributed by atoms with Gasteiger partial charge in [0.25, 0.3) is 0 Å². The Hall–Kier alpha value is -2.20. The second-order valence-electron chi connectivity index (χ2n) is 8.01. The molecule has 3 N–H and O–H groups in total. The molecule has 0 amide bonds. The molecule has 8 heteroatoms. The summed E-state index contributed by atoms with van der Waals surface area (Å²) in [6.07, 6.45) is 2.11. The van der Waals surface area contributed by atoms with Crippen molar-refractivity contribution in [1.82, 2.24) is 10.6 Å². The molecule has 0 radical (unpaired) electrons. The molecule has 2 aromatic carbocycles. The Morgan fingerprint density at radius 3 is 2.39 bits per heavy atom. The number of anilines is 1. The highest BCUT2D eigenvalue weighted by molar-refractivity contribution is 14.0. The van der Waals surface area contributed by atoms with Crippen LogP contribution in [0.5, 0.6) is 11.5 Å². The van der Waals surface area contributed by atoms with Crippen LogP contribution in [-0.4, -0.2) is 51.5 Å². The lowest BCUT2D eigenvalue weighted by atomic mass is 9.97. The molecule has 1 aliphatic rings. The van der Waals surface area contributed by atoms with Crippen molar-refractivity contribution in [2.24, 2.45) is 10.9 Å². The van der Waals surface area contributed by atoms with Gasteiger partial charge in [-0.2, -0.15) is 0 Å². The molecule has 0 saturated carbocycles. The van der Waals surface area contributed by atoms with Gasteiger partial charge in [0, 0.05) is 50.1 Å². The van der Waals surface area contributed by atoms with Gasteiger partial charge in [0.2, 0.25) is 0 Å². The molecule has 182 valence electrons. The van der Waals surface area contributed by atoms with Crippen LogP contribution in [0.3, 0.4) is 0 Å². The average molecular weight is 569 g/mol. The summed E-state index contributed by atoms with van der Waals surface area (Å²) in [4.78, 5) is 7.13. The summed E-state index contributed by atoms with van der Waals surface area (Å²) in [6.45, 7) is 6.36. The predicted molar refractivity (Wildman–Crippen MR) is 145 cm³/mol. The largest absolute Gasteiger partial charge is 0.497 e. The molecule has 3 rings (SSSR count). The first-order valence-electron chi connectivity index (χ1n) is 11.3. The Balaban J connectivity index is 0.00000385. The number of aliphatic hydroxyl groups excluding tert-OH is 1.